The van der Waals surface area contributed by atoms with Gasteiger partial charge in [-0.25, -0.2) is 0 Å². The normalized spacial score (nSPS) is 13.0. The Morgan fingerprint density at radius 1 is 0.255 bits per heavy atom. The molecule has 5 heterocycles. The molecule has 19 aromatic rings. The van der Waals surface area contributed by atoms with Crippen LogP contribution in [0.3, 0.4) is 0 Å². The number of nitriles is 2. The Morgan fingerprint density at radius 3 is 0.979 bits per heavy atom. The third kappa shape index (κ3) is 7.01. The predicted octanol–water partition coefficient (Wildman–Crippen LogP) is 21.7. The van der Waals surface area contributed by atoms with E-state index >= 15 is 0 Å². The summed E-state index contributed by atoms with van der Waals surface area (Å²) in [5.41, 5.74) is 23.3. The molecule has 20 rings (SSSR count). The number of aromatic nitrogens is 5. The van der Waals surface area contributed by atoms with Crippen LogP contribution < -0.4 is 0 Å². The molecule has 7 nitrogen and oxygen atoms in total. The quantitative estimate of drug-likeness (QED) is 0.159. The number of hydrogen-bond donors (Lipinski definition) is 0. The molecule has 0 aliphatic heterocycles. The fraction of sp³-hybridized carbons (Fsp3) is 0.0115. The van der Waals surface area contributed by atoms with Gasteiger partial charge in [-0.2, -0.15) is 10.5 Å². The molecular weight excluding hydrogens is 1140 g/mol. The standard InChI is InChI=1S/C87H51N7/c88-51-53-48-54(52-89)50-55(49-53)79-84(91-69-37-15-6-27-58(69)59-28-7-16-38-70(59)91)86(93-73-41-19-10-31-62(73)63-32-11-20-42-74(63)93)83(82-66-35-5-4-26-57(66)67-46-47-78-80(81(67)82)68-36-14-23-45-77(68)90(78)56-24-2-1-3-25-56)87(94-75-43-21-12-33-64(75)65-34-13-22-44-76(65)94)85(79)92-71-39-17-8-29-60(71)61-30-9-18-40-72(61)92/h1-50,82H. The van der Waals surface area contributed by atoms with E-state index < -0.39 is 5.92 Å². The molecule has 1 atom stereocenters. The molecule has 14 aromatic carbocycles. The van der Waals surface area contributed by atoms with Crippen molar-refractivity contribution in [2.75, 3.05) is 0 Å². The molecule has 0 fully saturated rings. The zero-order chi connectivity index (χ0) is 61.9. The van der Waals surface area contributed by atoms with E-state index in [1.807, 2.05) is 12.1 Å². The fourth-order valence-corrected chi connectivity index (χ4v) is 16.6. The molecule has 0 saturated heterocycles. The van der Waals surface area contributed by atoms with Gasteiger partial charge in [0.15, 0.2) is 0 Å². The molecular formula is C87H51N7. The van der Waals surface area contributed by atoms with Crippen LogP contribution in [0.25, 0.3) is 160 Å². The summed E-state index contributed by atoms with van der Waals surface area (Å²) >= 11 is 0. The number of para-hydroxylation sites is 10. The van der Waals surface area contributed by atoms with Crippen molar-refractivity contribution in [2.45, 2.75) is 5.92 Å². The molecule has 434 valence electrons. The molecule has 0 amide bonds. The molecule has 1 aliphatic rings. The molecule has 0 N–H and O–H groups in total. The minimum atomic E-state index is -0.498. The van der Waals surface area contributed by atoms with Crippen molar-refractivity contribution in [1.82, 2.24) is 22.8 Å². The summed E-state index contributed by atoms with van der Waals surface area (Å²) in [6.07, 6.45) is 0. The molecule has 7 heteroatoms. The van der Waals surface area contributed by atoms with E-state index in [9.17, 15) is 10.5 Å². The highest BCUT2D eigenvalue weighted by Gasteiger charge is 2.43. The van der Waals surface area contributed by atoms with E-state index in [0.717, 1.165) is 149 Å². The molecule has 0 spiro atoms. The third-order valence-electron chi connectivity index (χ3n) is 20.2. The lowest BCUT2D eigenvalue weighted by atomic mass is 9.81. The second-order valence-electron chi connectivity index (χ2n) is 24.8. The average molecular weight is 1190 g/mol. The Morgan fingerprint density at radius 2 is 0.585 bits per heavy atom. The van der Waals surface area contributed by atoms with E-state index in [2.05, 4.69) is 320 Å². The lowest BCUT2D eigenvalue weighted by Gasteiger charge is -2.34. The van der Waals surface area contributed by atoms with Crippen LogP contribution in [-0.4, -0.2) is 22.8 Å². The second-order valence-corrected chi connectivity index (χ2v) is 24.8. The third-order valence-corrected chi connectivity index (χ3v) is 20.2. The number of fused-ring (bicyclic) bond motifs is 19. The molecule has 5 aromatic heterocycles. The summed E-state index contributed by atoms with van der Waals surface area (Å²) in [7, 11) is 0. The van der Waals surface area contributed by atoms with Crippen molar-refractivity contribution < 1.29 is 0 Å². The number of rotatable bonds is 7. The summed E-state index contributed by atoms with van der Waals surface area (Å²) in [6.45, 7) is 0. The van der Waals surface area contributed by atoms with Crippen LogP contribution in [0.4, 0.5) is 0 Å². The van der Waals surface area contributed by atoms with Crippen LogP contribution in [-0.2, 0) is 0 Å². The number of hydrogen-bond acceptors (Lipinski definition) is 2. The minimum Gasteiger partial charge on any atom is -0.309 e. The lowest BCUT2D eigenvalue weighted by molar-refractivity contribution is 0.938. The van der Waals surface area contributed by atoms with Gasteiger partial charge in [-0.3, -0.25) is 0 Å². The summed E-state index contributed by atoms with van der Waals surface area (Å²) in [6, 6.07) is 115. The minimum absolute atomic E-state index is 0.382. The van der Waals surface area contributed by atoms with E-state index in [1.54, 1.807) is 6.07 Å². The number of nitrogens with zero attached hydrogens (tertiary/aromatic N) is 7. The Balaban J connectivity index is 1.17. The van der Waals surface area contributed by atoms with Gasteiger partial charge >= 0.3 is 0 Å². The first-order chi connectivity index (χ1) is 46.6. The molecule has 1 aliphatic carbocycles. The zero-order valence-corrected chi connectivity index (χ0v) is 50.6. The van der Waals surface area contributed by atoms with Crippen LogP contribution in [0, 0.1) is 22.7 Å². The fourth-order valence-electron chi connectivity index (χ4n) is 16.6. The first-order valence-electron chi connectivity index (χ1n) is 32.0. The monoisotopic (exact) mass is 1190 g/mol. The van der Waals surface area contributed by atoms with Crippen molar-refractivity contribution >= 4 is 109 Å². The molecule has 0 radical (unpaired) electrons. The van der Waals surface area contributed by atoms with Crippen molar-refractivity contribution in [3.8, 4) is 62.8 Å². The van der Waals surface area contributed by atoms with Crippen LogP contribution >= 0.6 is 0 Å². The SMILES string of the molecule is N#Cc1cc(C#N)cc(-c2c(-n3c4ccccc4c4ccccc43)c(-n3c4ccccc4c4ccccc43)c(C3c4ccccc4-c4ccc5c(c43)c3ccccc3n5-c3ccccc3)c(-n3c4ccccc4c4ccccc43)c2-n2c3ccccc3c3ccccc32)c1. The molecule has 0 bridgehead atoms. The lowest BCUT2D eigenvalue weighted by Crippen LogP contribution is -2.20. The van der Waals surface area contributed by atoms with Gasteiger partial charge in [0.25, 0.3) is 0 Å². The van der Waals surface area contributed by atoms with Gasteiger partial charge in [-0.05, 0) is 119 Å². The smallest absolute Gasteiger partial charge is 0.0992 e. The van der Waals surface area contributed by atoms with E-state index in [-0.39, 0.29) is 0 Å². The highest BCUT2D eigenvalue weighted by molar-refractivity contribution is 6.19. The molecule has 0 saturated carbocycles. The first-order valence-corrected chi connectivity index (χ1v) is 32.0. The van der Waals surface area contributed by atoms with E-state index in [0.29, 0.717) is 11.1 Å². The molecule has 94 heavy (non-hydrogen) atoms. The Kier molecular flexibility index (Phi) is 10.9. The van der Waals surface area contributed by atoms with Gasteiger partial charge in [0.05, 0.1) is 101 Å². The van der Waals surface area contributed by atoms with E-state index in [4.69, 9.17) is 0 Å². The summed E-state index contributed by atoms with van der Waals surface area (Å²) in [4.78, 5) is 0. The van der Waals surface area contributed by atoms with Gasteiger partial charge < -0.3 is 22.8 Å². The van der Waals surface area contributed by atoms with Crippen molar-refractivity contribution in [3.63, 3.8) is 0 Å². The zero-order valence-electron chi connectivity index (χ0n) is 50.6. The largest absolute Gasteiger partial charge is 0.309 e. The maximum Gasteiger partial charge on any atom is 0.0992 e. The Bertz CT molecular complexity index is 6090. The van der Waals surface area contributed by atoms with Crippen LogP contribution in [0.1, 0.15) is 33.7 Å². The molecule has 1 unspecified atom stereocenters. The summed E-state index contributed by atoms with van der Waals surface area (Å²) in [5.74, 6) is -0.498. The van der Waals surface area contributed by atoms with Crippen LogP contribution in [0.15, 0.2) is 303 Å². The maximum atomic E-state index is 11.4. The number of benzene rings is 14. The average Bonchev–Trinajstić information content (AvgIpc) is 1.40. The van der Waals surface area contributed by atoms with Gasteiger partial charge in [-0.1, -0.05) is 212 Å². The van der Waals surface area contributed by atoms with Crippen molar-refractivity contribution in [2.24, 2.45) is 0 Å². The van der Waals surface area contributed by atoms with Gasteiger partial charge in [0.1, 0.15) is 0 Å². The van der Waals surface area contributed by atoms with E-state index in [1.165, 1.54) is 27.6 Å². The van der Waals surface area contributed by atoms with Gasteiger partial charge in [0, 0.05) is 76.6 Å². The first kappa shape index (κ1) is 51.9. The topological polar surface area (TPSA) is 72.2 Å². The Hall–Kier alpha value is -12.9. The van der Waals surface area contributed by atoms with Crippen molar-refractivity contribution in [1.29, 1.82) is 10.5 Å². The highest BCUT2D eigenvalue weighted by Crippen LogP contribution is 2.60. The van der Waals surface area contributed by atoms with Gasteiger partial charge in [-0.15, -0.1) is 0 Å². The summed E-state index contributed by atoms with van der Waals surface area (Å²) < 4.78 is 12.7. The van der Waals surface area contributed by atoms with Crippen LogP contribution in [0.2, 0.25) is 0 Å². The Labute approximate surface area is 539 Å². The summed E-state index contributed by atoms with van der Waals surface area (Å²) in [5, 5.41) is 34.0. The highest BCUT2D eigenvalue weighted by atomic mass is 15.1. The van der Waals surface area contributed by atoms with Crippen molar-refractivity contribution in [3.05, 3.63) is 331 Å². The maximum absolute atomic E-state index is 11.4. The van der Waals surface area contributed by atoms with Crippen LogP contribution in [0.5, 0.6) is 0 Å². The van der Waals surface area contributed by atoms with Gasteiger partial charge in [0.2, 0.25) is 0 Å². The predicted molar refractivity (Wildman–Crippen MR) is 386 cm³/mol. The second kappa shape index (κ2) is 19.8.